The number of carbonyl (C=O) groups excluding carboxylic acids is 1. The van der Waals surface area contributed by atoms with Crippen LogP contribution >= 0.6 is 0 Å². The third kappa shape index (κ3) is 4.00. The Morgan fingerprint density at radius 2 is 2.12 bits per heavy atom. The van der Waals surface area contributed by atoms with Gasteiger partial charge in [-0.1, -0.05) is 5.16 Å². The summed E-state index contributed by atoms with van der Waals surface area (Å²) in [5, 5.41) is 13.1. The van der Waals surface area contributed by atoms with Gasteiger partial charge in [-0.2, -0.15) is 4.98 Å². The number of nitrogens with zero attached hydrogens (tertiary/aromatic N) is 4. The molecule has 0 radical (unpaired) electrons. The van der Waals surface area contributed by atoms with Gasteiger partial charge < -0.3 is 20.3 Å². The summed E-state index contributed by atoms with van der Waals surface area (Å²) in [7, 11) is 0. The van der Waals surface area contributed by atoms with Crippen LogP contribution in [-0.2, 0) is 16.0 Å². The summed E-state index contributed by atoms with van der Waals surface area (Å²) in [5.74, 6) is -0.317. The van der Waals surface area contributed by atoms with Crippen LogP contribution in [0.2, 0.25) is 0 Å². The predicted octanol–water partition coefficient (Wildman–Crippen LogP) is 0.467. The summed E-state index contributed by atoms with van der Waals surface area (Å²) in [4.78, 5) is 33.0. The highest BCUT2D eigenvalue weighted by Gasteiger charge is 2.37. The van der Waals surface area contributed by atoms with Gasteiger partial charge in [0.2, 0.25) is 17.6 Å². The SMILES string of the molecule is N[C@H]1C[C@@H](C(=O)O)N(C(=O)CCCc2nc(-c3ccncc3)no2)C1. The summed E-state index contributed by atoms with van der Waals surface area (Å²) < 4.78 is 5.18. The van der Waals surface area contributed by atoms with Gasteiger partial charge in [0.15, 0.2) is 0 Å². The Morgan fingerprint density at radius 1 is 1.36 bits per heavy atom. The number of amides is 1. The minimum atomic E-state index is -1.01. The molecule has 1 aliphatic heterocycles. The van der Waals surface area contributed by atoms with Crippen LogP contribution in [0, 0.1) is 0 Å². The van der Waals surface area contributed by atoms with Gasteiger partial charge in [-0.15, -0.1) is 0 Å². The van der Waals surface area contributed by atoms with Gasteiger partial charge in [-0.3, -0.25) is 9.78 Å². The number of likely N-dealkylation sites (tertiary alicyclic amines) is 1. The van der Waals surface area contributed by atoms with Crippen molar-refractivity contribution in [2.24, 2.45) is 5.73 Å². The van der Waals surface area contributed by atoms with Crippen molar-refractivity contribution in [3.63, 3.8) is 0 Å². The number of aromatic nitrogens is 3. The molecule has 3 rings (SSSR count). The number of nitrogens with two attached hydrogens (primary N) is 1. The van der Waals surface area contributed by atoms with Crippen molar-refractivity contribution in [1.82, 2.24) is 20.0 Å². The average Bonchev–Trinajstić information content (AvgIpc) is 3.22. The molecule has 9 heteroatoms. The van der Waals surface area contributed by atoms with Crippen molar-refractivity contribution in [3.8, 4) is 11.4 Å². The molecule has 3 N–H and O–H groups in total. The van der Waals surface area contributed by atoms with E-state index in [9.17, 15) is 14.7 Å². The summed E-state index contributed by atoms with van der Waals surface area (Å²) in [6.45, 7) is 0.280. The molecular weight excluding hydrogens is 326 g/mol. The molecule has 25 heavy (non-hydrogen) atoms. The number of aryl methyl sites for hydroxylation is 1. The zero-order valence-corrected chi connectivity index (χ0v) is 13.5. The number of aliphatic carboxylic acids is 1. The monoisotopic (exact) mass is 345 g/mol. The van der Waals surface area contributed by atoms with E-state index in [1.807, 2.05) is 0 Å². The molecule has 0 aliphatic carbocycles. The number of pyridine rings is 1. The van der Waals surface area contributed by atoms with E-state index >= 15 is 0 Å². The van der Waals surface area contributed by atoms with Crippen molar-refractivity contribution < 1.29 is 19.2 Å². The van der Waals surface area contributed by atoms with Gasteiger partial charge in [0.1, 0.15) is 6.04 Å². The largest absolute Gasteiger partial charge is 0.480 e. The summed E-state index contributed by atoms with van der Waals surface area (Å²) in [6, 6.07) is 2.44. The lowest BCUT2D eigenvalue weighted by Crippen LogP contribution is -2.40. The van der Waals surface area contributed by atoms with E-state index in [2.05, 4.69) is 15.1 Å². The van der Waals surface area contributed by atoms with Crippen LogP contribution in [0.25, 0.3) is 11.4 Å². The first kappa shape index (κ1) is 17.0. The molecule has 1 saturated heterocycles. The Kier molecular flexibility index (Phi) is 5.03. The minimum absolute atomic E-state index is 0.212. The van der Waals surface area contributed by atoms with Gasteiger partial charge in [0, 0.05) is 43.4 Å². The van der Waals surface area contributed by atoms with Gasteiger partial charge in [0.25, 0.3) is 0 Å². The minimum Gasteiger partial charge on any atom is -0.480 e. The Morgan fingerprint density at radius 3 is 2.84 bits per heavy atom. The zero-order valence-electron chi connectivity index (χ0n) is 13.5. The molecule has 0 aromatic carbocycles. The number of carbonyl (C=O) groups is 2. The smallest absolute Gasteiger partial charge is 0.326 e. The fourth-order valence-corrected chi connectivity index (χ4v) is 2.89. The predicted molar refractivity (Wildman–Crippen MR) is 86.2 cm³/mol. The first-order valence-electron chi connectivity index (χ1n) is 8.05. The molecular formula is C16H19N5O4. The molecule has 0 unspecified atom stereocenters. The highest BCUT2D eigenvalue weighted by molar-refractivity contribution is 5.84. The summed E-state index contributed by atoms with van der Waals surface area (Å²) in [5.41, 5.74) is 6.58. The number of hydrogen-bond donors (Lipinski definition) is 2. The van der Waals surface area contributed by atoms with E-state index in [0.717, 1.165) is 5.56 Å². The normalized spacial score (nSPS) is 20.0. The van der Waals surface area contributed by atoms with Crippen molar-refractivity contribution in [3.05, 3.63) is 30.4 Å². The number of hydrogen-bond acceptors (Lipinski definition) is 7. The summed E-state index contributed by atoms with van der Waals surface area (Å²) >= 11 is 0. The molecule has 1 fully saturated rings. The lowest BCUT2D eigenvalue weighted by Gasteiger charge is -2.21. The second-order valence-electron chi connectivity index (χ2n) is 6.00. The number of carboxylic acids is 1. The van der Waals surface area contributed by atoms with Gasteiger partial charge in [-0.25, -0.2) is 4.79 Å². The lowest BCUT2D eigenvalue weighted by atomic mass is 10.1. The first-order chi connectivity index (χ1) is 12.0. The van der Waals surface area contributed by atoms with Crippen LogP contribution in [0.1, 0.15) is 25.2 Å². The maximum atomic E-state index is 12.3. The van der Waals surface area contributed by atoms with E-state index in [1.165, 1.54) is 4.90 Å². The van der Waals surface area contributed by atoms with Crippen molar-refractivity contribution in [2.75, 3.05) is 6.54 Å². The molecule has 1 amide bonds. The first-order valence-corrected chi connectivity index (χ1v) is 8.05. The van der Waals surface area contributed by atoms with E-state index in [-0.39, 0.29) is 24.9 Å². The molecule has 0 spiro atoms. The van der Waals surface area contributed by atoms with E-state index in [4.69, 9.17) is 10.3 Å². The highest BCUT2D eigenvalue weighted by Crippen LogP contribution is 2.19. The average molecular weight is 345 g/mol. The Balaban J connectivity index is 1.52. The van der Waals surface area contributed by atoms with Gasteiger partial charge >= 0.3 is 5.97 Å². The Labute approximate surface area is 143 Å². The fourth-order valence-electron chi connectivity index (χ4n) is 2.89. The maximum Gasteiger partial charge on any atom is 0.326 e. The molecule has 2 aromatic heterocycles. The number of rotatable bonds is 6. The van der Waals surface area contributed by atoms with Gasteiger partial charge in [-0.05, 0) is 25.0 Å². The molecule has 0 bridgehead atoms. The molecule has 132 valence electrons. The Bertz CT molecular complexity index is 748. The molecule has 1 aliphatic rings. The van der Waals surface area contributed by atoms with Crippen LogP contribution in [0.3, 0.4) is 0 Å². The molecule has 2 aromatic rings. The standard InChI is InChI=1S/C16H19N5O4/c17-11-8-12(16(23)24)21(9-11)14(22)3-1-2-13-19-15(20-25-13)10-4-6-18-7-5-10/h4-7,11-12H,1-3,8-9,17H2,(H,23,24)/t11-,12-/m0/s1. The van der Waals surface area contributed by atoms with Crippen molar-refractivity contribution in [1.29, 1.82) is 0 Å². The van der Waals surface area contributed by atoms with Crippen LogP contribution < -0.4 is 5.73 Å². The van der Waals surface area contributed by atoms with Crippen molar-refractivity contribution >= 4 is 11.9 Å². The third-order valence-corrected chi connectivity index (χ3v) is 4.13. The maximum absolute atomic E-state index is 12.3. The molecule has 9 nitrogen and oxygen atoms in total. The molecule has 0 saturated carbocycles. The quantitative estimate of drug-likeness (QED) is 0.771. The van der Waals surface area contributed by atoms with E-state index < -0.39 is 12.0 Å². The lowest BCUT2D eigenvalue weighted by molar-refractivity contribution is -0.148. The fraction of sp³-hybridized carbons (Fsp3) is 0.438. The number of carboxylic acid groups (broad SMARTS) is 1. The van der Waals surface area contributed by atoms with E-state index in [1.54, 1.807) is 24.5 Å². The van der Waals surface area contributed by atoms with Crippen LogP contribution in [0.5, 0.6) is 0 Å². The zero-order chi connectivity index (χ0) is 17.8. The Hall–Kier alpha value is -2.81. The second kappa shape index (κ2) is 7.39. The topological polar surface area (TPSA) is 135 Å². The van der Waals surface area contributed by atoms with E-state index in [0.29, 0.717) is 31.0 Å². The second-order valence-corrected chi connectivity index (χ2v) is 6.00. The highest BCUT2D eigenvalue weighted by atomic mass is 16.5. The third-order valence-electron chi connectivity index (χ3n) is 4.13. The van der Waals surface area contributed by atoms with Crippen LogP contribution in [0.15, 0.2) is 29.0 Å². The van der Waals surface area contributed by atoms with Gasteiger partial charge in [0.05, 0.1) is 0 Å². The van der Waals surface area contributed by atoms with Crippen LogP contribution in [-0.4, -0.2) is 55.6 Å². The van der Waals surface area contributed by atoms with Crippen LogP contribution in [0.4, 0.5) is 0 Å². The molecule has 3 heterocycles. The van der Waals surface area contributed by atoms with Crippen molar-refractivity contribution in [2.45, 2.75) is 37.8 Å². The molecule has 2 atom stereocenters. The summed E-state index contributed by atoms with van der Waals surface area (Å²) in [6.07, 6.45) is 4.73.